The Morgan fingerprint density at radius 1 is 1.45 bits per heavy atom. The zero-order chi connectivity index (χ0) is 16.3. The molecule has 1 heterocycles. The molecule has 0 saturated heterocycles. The van der Waals surface area contributed by atoms with Crippen LogP contribution in [0.2, 0.25) is 0 Å². The lowest BCUT2D eigenvalue weighted by atomic mass is 9.99. The van der Waals surface area contributed by atoms with Crippen molar-refractivity contribution >= 4 is 22.9 Å². The molecule has 0 fully saturated rings. The van der Waals surface area contributed by atoms with Crippen LogP contribution in [0.4, 0.5) is 5.69 Å². The van der Waals surface area contributed by atoms with Crippen LogP contribution in [0, 0.1) is 17.0 Å². The Bertz CT molecular complexity index is 696. The van der Waals surface area contributed by atoms with Gasteiger partial charge in [0.15, 0.2) is 0 Å². The lowest BCUT2D eigenvalue weighted by molar-refractivity contribution is -0.385. The number of carbonyl (C=O) groups is 1. The summed E-state index contributed by atoms with van der Waals surface area (Å²) >= 11 is 1.47. The normalized spacial score (nSPS) is 13.4. The van der Waals surface area contributed by atoms with E-state index in [2.05, 4.69) is 5.32 Å². The van der Waals surface area contributed by atoms with Gasteiger partial charge in [-0.25, -0.2) is 0 Å². The SMILES string of the molecule is Cc1cc(C(=O)NCC(C)(O)c2ccsc2)ccc1[N+](=O)[O-]. The van der Waals surface area contributed by atoms with Gasteiger partial charge in [0.1, 0.15) is 5.60 Å². The van der Waals surface area contributed by atoms with E-state index in [9.17, 15) is 20.0 Å². The van der Waals surface area contributed by atoms with Crippen molar-refractivity contribution in [3.63, 3.8) is 0 Å². The maximum Gasteiger partial charge on any atom is 0.272 e. The molecule has 0 radical (unpaired) electrons. The van der Waals surface area contributed by atoms with Crippen molar-refractivity contribution in [2.24, 2.45) is 0 Å². The maximum atomic E-state index is 12.1. The molecule has 6 nitrogen and oxygen atoms in total. The third kappa shape index (κ3) is 3.49. The molecule has 0 bridgehead atoms. The molecule has 1 aromatic carbocycles. The van der Waals surface area contributed by atoms with Gasteiger partial charge in [0.2, 0.25) is 0 Å². The molecule has 0 aliphatic rings. The highest BCUT2D eigenvalue weighted by atomic mass is 32.1. The average Bonchev–Trinajstić information content (AvgIpc) is 2.99. The van der Waals surface area contributed by atoms with Crippen molar-refractivity contribution in [2.45, 2.75) is 19.4 Å². The van der Waals surface area contributed by atoms with Gasteiger partial charge in [0.05, 0.1) is 11.5 Å². The van der Waals surface area contributed by atoms with Crippen LogP contribution in [0.3, 0.4) is 0 Å². The summed E-state index contributed by atoms with van der Waals surface area (Å²) in [5.74, 6) is -0.381. The Kier molecular flexibility index (Phi) is 4.58. The van der Waals surface area contributed by atoms with Crippen LogP contribution in [-0.2, 0) is 5.60 Å². The topological polar surface area (TPSA) is 92.5 Å². The molecule has 22 heavy (non-hydrogen) atoms. The van der Waals surface area contributed by atoms with Crippen LogP contribution < -0.4 is 5.32 Å². The van der Waals surface area contributed by atoms with E-state index < -0.39 is 10.5 Å². The number of benzene rings is 1. The van der Waals surface area contributed by atoms with Crippen molar-refractivity contribution in [2.75, 3.05) is 6.54 Å². The third-order valence-electron chi connectivity index (χ3n) is 3.39. The first kappa shape index (κ1) is 16.1. The molecule has 1 atom stereocenters. The molecule has 2 rings (SSSR count). The number of hydrogen-bond donors (Lipinski definition) is 2. The number of thiophene rings is 1. The number of carbonyl (C=O) groups excluding carboxylic acids is 1. The number of amides is 1. The molecule has 116 valence electrons. The first-order valence-electron chi connectivity index (χ1n) is 6.59. The van der Waals surface area contributed by atoms with Gasteiger partial charge in [0.25, 0.3) is 11.6 Å². The fourth-order valence-electron chi connectivity index (χ4n) is 2.03. The molecule has 0 spiro atoms. The summed E-state index contributed by atoms with van der Waals surface area (Å²) in [6.07, 6.45) is 0. The number of aryl methyl sites for hydroxylation is 1. The van der Waals surface area contributed by atoms with Crippen LogP contribution in [-0.4, -0.2) is 22.5 Å². The molecule has 0 aliphatic heterocycles. The van der Waals surface area contributed by atoms with Gasteiger partial charge in [-0.15, -0.1) is 0 Å². The molecular weight excluding hydrogens is 304 g/mol. The van der Waals surface area contributed by atoms with Crippen LogP contribution >= 0.6 is 11.3 Å². The Morgan fingerprint density at radius 2 is 2.18 bits per heavy atom. The monoisotopic (exact) mass is 320 g/mol. The predicted molar refractivity (Wildman–Crippen MR) is 84.1 cm³/mol. The van der Waals surface area contributed by atoms with Gasteiger partial charge in [-0.2, -0.15) is 11.3 Å². The Morgan fingerprint density at radius 3 is 2.73 bits per heavy atom. The fraction of sp³-hybridized carbons (Fsp3) is 0.267. The summed E-state index contributed by atoms with van der Waals surface area (Å²) in [6, 6.07) is 5.97. The molecule has 2 aromatic rings. The highest BCUT2D eigenvalue weighted by Crippen LogP contribution is 2.22. The Hall–Kier alpha value is -2.25. The summed E-state index contributed by atoms with van der Waals surface area (Å²) in [6.45, 7) is 3.26. The molecule has 0 aliphatic carbocycles. The number of nitrogens with one attached hydrogen (secondary N) is 1. The summed E-state index contributed by atoms with van der Waals surface area (Å²) in [7, 11) is 0. The number of hydrogen-bond acceptors (Lipinski definition) is 5. The second kappa shape index (κ2) is 6.25. The molecule has 0 saturated carbocycles. The minimum atomic E-state index is -1.16. The van der Waals surface area contributed by atoms with Crippen LogP contribution in [0.15, 0.2) is 35.0 Å². The van der Waals surface area contributed by atoms with E-state index in [-0.39, 0.29) is 18.1 Å². The highest BCUT2D eigenvalue weighted by Gasteiger charge is 2.24. The summed E-state index contributed by atoms with van der Waals surface area (Å²) in [5.41, 5.74) is 0.289. The minimum Gasteiger partial charge on any atom is -0.384 e. The Labute approximate surface area is 131 Å². The Balaban J connectivity index is 2.07. The zero-order valence-corrected chi connectivity index (χ0v) is 13.0. The van der Waals surface area contributed by atoms with E-state index in [0.29, 0.717) is 11.1 Å². The van der Waals surface area contributed by atoms with Gasteiger partial charge in [-0.3, -0.25) is 14.9 Å². The van der Waals surface area contributed by atoms with E-state index in [1.165, 1.54) is 29.5 Å². The van der Waals surface area contributed by atoms with Crippen molar-refractivity contribution < 1.29 is 14.8 Å². The van der Waals surface area contributed by atoms with Gasteiger partial charge in [-0.1, -0.05) is 0 Å². The molecule has 1 aromatic heterocycles. The summed E-state index contributed by atoms with van der Waals surface area (Å²) in [4.78, 5) is 22.4. The number of aliphatic hydroxyl groups is 1. The van der Waals surface area contributed by atoms with Gasteiger partial charge < -0.3 is 10.4 Å². The largest absolute Gasteiger partial charge is 0.384 e. The standard InChI is InChI=1S/C15H16N2O4S/c1-10-7-11(3-4-13(10)17(20)21)14(18)16-9-15(2,19)12-5-6-22-8-12/h3-8,19H,9H2,1-2H3,(H,16,18). The fourth-order valence-corrected chi connectivity index (χ4v) is 2.81. The van der Waals surface area contributed by atoms with E-state index in [0.717, 1.165) is 5.56 Å². The smallest absolute Gasteiger partial charge is 0.272 e. The van der Waals surface area contributed by atoms with E-state index >= 15 is 0 Å². The zero-order valence-electron chi connectivity index (χ0n) is 12.2. The minimum absolute atomic E-state index is 0.0261. The summed E-state index contributed by atoms with van der Waals surface area (Å²) < 4.78 is 0. The second-order valence-electron chi connectivity index (χ2n) is 5.23. The average molecular weight is 320 g/mol. The van der Waals surface area contributed by atoms with Gasteiger partial charge in [-0.05, 0) is 48.4 Å². The number of nitro benzene ring substituents is 1. The lowest BCUT2D eigenvalue weighted by Crippen LogP contribution is -2.38. The molecule has 1 amide bonds. The van der Waals surface area contributed by atoms with Crippen LogP contribution in [0.5, 0.6) is 0 Å². The van der Waals surface area contributed by atoms with Gasteiger partial charge >= 0.3 is 0 Å². The van der Waals surface area contributed by atoms with Crippen molar-refractivity contribution in [1.82, 2.24) is 5.32 Å². The first-order chi connectivity index (χ1) is 10.3. The first-order valence-corrected chi connectivity index (χ1v) is 7.54. The number of rotatable bonds is 5. The van der Waals surface area contributed by atoms with Crippen LogP contribution in [0.25, 0.3) is 0 Å². The molecule has 1 unspecified atom stereocenters. The third-order valence-corrected chi connectivity index (χ3v) is 4.08. The highest BCUT2D eigenvalue weighted by molar-refractivity contribution is 7.08. The molecule has 7 heteroatoms. The second-order valence-corrected chi connectivity index (χ2v) is 6.01. The molecular formula is C15H16N2O4S. The number of nitrogens with zero attached hydrogens (tertiary/aromatic N) is 1. The van der Waals surface area contributed by atoms with Crippen molar-refractivity contribution in [1.29, 1.82) is 0 Å². The van der Waals surface area contributed by atoms with Crippen molar-refractivity contribution in [3.05, 3.63) is 61.8 Å². The van der Waals surface area contributed by atoms with Gasteiger partial charge in [0, 0.05) is 17.2 Å². The van der Waals surface area contributed by atoms with E-state index in [4.69, 9.17) is 0 Å². The summed E-state index contributed by atoms with van der Waals surface area (Å²) in [5, 5.41) is 27.4. The quantitative estimate of drug-likeness (QED) is 0.654. The predicted octanol–water partition coefficient (Wildman–Crippen LogP) is 2.60. The van der Waals surface area contributed by atoms with Crippen molar-refractivity contribution in [3.8, 4) is 0 Å². The molecule has 2 N–H and O–H groups in total. The van der Waals surface area contributed by atoms with E-state index in [1.54, 1.807) is 19.9 Å². The van der Waals surface area contributed by atoms with E-state index in [1.807, 2.05) is 10.8 Å². The number of nitro groups is 1. The lowest BCUT2D eigenvalue weighted by Gasteiger charge is -2.22. The van der Waals surface area contributed by atoms with Crippen LogP contribution in [0.1, 0.15) is 28.4 Å². The maximum absolute atomic E-state index is 12.1.